The molecule has 74 heavy (non-hydrogen) atoms. The number of hydrogen-bond acceptors (Lipinski definition) is 28. The number of phosphoric ester groups is 1. The largest absolute Gasteiger partial charge is 0.482 e. The van der Waals surface area contributed by atoms with E-state index in [0.717, 1.165) is 83.1 Å². The van der Waals surface area contributed by atoms with Gasteiger partial charge in [0.1, 0.15) is 56.3 Å². The summed E-state index contributed by atoms with van der Waals surface area (Å²) in [7, 11) is -6.08. The van der Waals surface area contributed by atoms with Crippen molar-refractivity contribution in [1.82, 2.24) is 16.0 Å². The van der Waals surface area contributed by atoms with Crippen LogP contribution in [0.25, 0.3) is 0 Å². The molecular weight excluding hydrogens is 1030 g/mol. The van der Waals surface area contributed by atoms with E-state index >= 15 is 4.57 Å². The maximum Gasteiger partial charge on any atom is 0.482 e. The van der Waals surface area contributed by atoms with E-state index in [1.54, 1.807) is 0 Å². The van der Waals surface area contributed by atoms with Gasteiger partial charge in [-0.2, -0.15) is 0 Å². The molecule has 3 amide bonds. The molecule has 0 aromatic rings. The lowest BCUT2D eigenvalue weighted by Crippen LogP contribution is -2.68. The van der Waals surface area contributed by atoms with Gasteiger partial charge in [-0.25, -0.2) is 4.57 Å². The van der Waals surface area contributed by atoms with E-state index in [-0.39, 0.29) is 0 Å². The second kappa shape index (κ2) is 27.8. The second-order valence-corrected chi connectivity index (χ2v) is 18.0. The molecule has 0 radical (unpaired) electrons. The molecule has 3 N–H and O–H groups in total. The number of ether oxygens (including phenoxy) is 12. The first-order valence-corrected chi connectivity index (χ1v) is 23.7. The third-order valence-electron chi connectivity index (χ3n) is 9.91. The average molecular weight is 1090 g/mol. The summed E-state index contributed by atoms with van der Waals surface area (Å²) in [5.74, 6) is -11.9. The van der Waals surface area contributed by atoms with Gasteiger partial charge in [-0.05, 0) is 0 Å². The summed E-state index contributed by atoms with van der Waals surface area (Å²) in [4.78, 5) is 151. The first-order chi connectivity index (χ1) is 34.4. The van der Waals surface area contributed by atoms with E-state index in [0.29, 0.717) is 0 Å². The number of carbonyl (C=O) groups excluding carboxylic acids is 12. The Hall–Kier alpha value is -6.37. The molecule has 0 aromatic carbocycles. The zero-order valence-corrected chi connectivity index (χ0v) is 43.1. The SMILES string of the molecule is CC(=O)N[C@H]1C(OP(=O)(OC2O[C@H](COC(C)=O)[C@@H](OC(C)=O)[C@H](OC(C)=O)[C@H]2NC(C)=O)OC2O[C@H](COC(C)=O)[C@@H](OC(C)=O)[C@H](OC(C)=O)[C@H]2NC(C)=O)O[C@H](COC(C)=O)[C@@H](OC(C)=O)[C@@H]1OC(C)=O. The van der Waals surface area contributed by atoms with E-state index in [1.807, 2.05) is 0 Å². The molecule has 0 spiro atoms. The third kappa shape index (κ3) is 19.2. The number of nitrogens with one attached hydrogen (secondary N) is 3. The molecule has 3 aliphatic heterocycles. The van der Waals surface area contributed by atoms with Gasteiger partial charge in [0.05, 0.1) is 0 Å². The monoisotopic (exact) mass is 1090 g/mol. The maximum atomic E-state index is 16.1. The minimum absolute atomic E-state index is 0.838. The summed E-state index contributed by atoms with van der Waals surface area (Å²) in [5, 5.41) is 7.10. The molecule has 15 atom stereocenters. The lowest BCUT2D eigenvalue weighted by molar-refractivity contribution is -0.286. The predicted octanol–water partition coefficient (Wildman–Crippen LogP) is -1.89. The number of esters is 9. The van der Waals surface area contributed by atoms with Crippen molar-refractivity contribution in [3.63, 3.8) is 0 Å². The van der Waals surface area contributed by atoms with Crippen molar-refractivity contribution in [3.8, 4) is 0 Å². The van der Waals surface area contributed by atoms with Gasteiger partial charge in [0.2, 0.25) is 17.7 Å². The first kappa shape index (κ1) is 61.9. The summed E-state index contributed by atoms with van der Waals surface area (Å²) < 4.78 is 101. The Morgan fingerprint density at radius 3 is 0.716 bits per heavy atom. The van der Waals surface area contributed by atoms with Crippen molar-refractivity contribution < 1.29 is 133 Å². The van der Waals surface area contributed by atoms with Gasteiger partial charge in [-0.3, -0.25) is 71.1 Å². The van der Waals surface area contributed by atoms with Crippen LogP contribution in [0.4, 0.5) is 0 Å². The number of hydrogen-bond donors (Lipinski definition) is 3. The van der Waals surface area contributed by atoms with Crippen LogP contribution in [0.15, 0.2) is 0 Å². The molecular formula is C42H60N3O28P. The van der Waals surface area contributed by atoms with Crippen LogP contribution < -0.4 is 16.0 Å². The Morgan fingerprint density at radius 1 is 0.338 bits per heavy atom. The molecule has 0 bridgehead atoms. The fourth-order valence-corrected chi connectivity index (χ4v) is 9.05. The standard InChI is InChI=1S/C42H60N3O28P/c1-16(46)43-31-37(65-25(10)55)34(62-22(7)52)28(13-59-19(4)49)68-40(31)71-74(58,72-41-32(44-17(2)47)38(66-26(11)56)35(63-23(8)53)29(69-41)14-60-20(5)50)73-42-33(45-18(3)48)39(67-27(12)57)36(64-24(9)54)30(70-42)15-61-21(6)51/h28-42H,13-15H2,1-12H3,(H,43,46)(H,44,47)(H,45,48)/t28-,29-,30-,31-,32-,33-,34-,35-,36-,37-,38-,39-,40?,41?,42?,74?/m1/s1. The highest BCUT2D eigenvalue weighted by Gasteiger charge is 2.60. The number of carbonyl (C=O) groups is 12. The van der Waals surface area contributed by atoms with Crippen molar-refractivity contribution in [1.29, 1.82) is 0 Å². The van der Waals surface area contributed by atoms with E-state index in [2.05, 4.69) is 16.0 Å². The van der Waals surface area contributed by atoms with E-state index < -0.39 is 191 Å². The highest BCUT2D eigenvalue weighted by molar-refractivity contribution is 7.48. The zero-order valence-electron chi connectivity index (χ0n) is 42.2. The predicted molar refractivity (Wildman–Crippen MR) is 233 cm³/mol. The molecule has 3 saturated heterocycles. The summed E-state index contributed by atoms with van der Waals surface area (Å²) in [6, 6.07) is -5.86. The molecule has 0 aromatic heterocycles. The first-order valence-electron chi connectivity index (χ1n) is 22.3. The number of phosphoric acid groups is 1. The maximum absolute atomic E-state index is 16.1. The zero-order chi connectivity index (χ0) is 55.9. The quantitative estimate of drug-likeness (QED) is 0.0643. The summed E-state index contributed by atoms with van der Waals surface area (Å²) in [5.41, 5.74) is 0. The normalized spacial score (nSPS) is 30.2. The molecule has 3 heterocycles. The van der Waals surface area contributed by atoms with Crippen LogP contribution in [-0.2, 0) is 133 Å². The fourth-order valence-electron chi connectivity index (χ4n) is 7.60. The highest BCUT2D eigenvalue weighted by atomic mass is 31.2. The van der Waals surface area contributed by atoms with E-state index in [9.17, 15) is 57.5 Å². The van der Waals surface area contributed by atoms with Gasteiger partial charge in [-0.1, -0.05) is 0 Å². The Balaban J connectivity index is 2.50. The molecule has 3 aliphatic rings. The van der Waals surface area contributed by atoms with Gasteiger partial charge >= 0.3 is 61.5 Å². The Kier molecular flexibility index (Phi) is 23.3. The highest BCUT2D eigenvalue weighted by Crippen LogP contribution is 2.56. The van der Waals surface area contributed by atoms with Crippen LogP contribution in [0, 0.1) is 0 Å². The summed E-state index contributed by atoms with van der Waals surface area (Å²) in [6.45, 7) is 8.86. The molecule has 416 valence electrons. The Bertz CT molecular complexity index is 1940. The molecule has 3 unspecified atom stereocenters. The topological polar surface area (TPSA) is 396 Å². The lowest BCUT2D eigenvalue weighted by atomic mass is 9.96. The lowest BCUT2D eigenvalue weighted by Gasteiger charge is -2.48. The van der Waals surface area contributed by atoms with Gasteiger partial charge in [-0.15, -0.1) is 0 Å². The van der Waals surface area contributed by atoms with Crippen LogP contribution in [-0.4, -0.2) is 183 Å². The van der Waals surface area contributed by atoms with Gasteiger partial charge < -0.3 is 72.8 Å². The Morgan fingerprint density at radius 2 is 0.541 bits per heavy atom. The Labute approximate surface area is 422 Å². The minimum atomic E-state index is -6.08. The molecule has 3 fully saturated rings. The van der Waals surface area contributed by atoms with Gasteiger partial charge in [0.15, 0.2) is 55.5 Å². The van der Waals surface area contributed by atoms with Crippen molar-refractivity contribution >= 4 is 79.3 Å². The van der Waals surface area contributed by atoms with Crippen LogP contribution >= 0.6 is 7.82 Å². The van der Waals surface area contributed by atoms with Crippen LogP contribution in [0.2, 0.25) is 0 Å². The number of amides is 3. The summed E-state index contributed by atoms with van der Waals surface area (Å²) >= 11 is 0. The molecule has 0 saturated carbocycles. The smallest absolute Gasteiger partial charge is 0.463 e. The minimum Gasteiger partial charge on any atom is -0.463 e. The van der Waals surface area contributed by atoms with Crippen LogP contribution in [0.5, 0.6) is 0 Å². The second-order valence-electron chi connectivity index (χ2n) is 16.4. The van der Waals surface area contributed by atoms with Crippen molar-refractivity contribution in [3.05, 3.63) is 0 Å². The van der Waals surface area contributed by atoms with E-state index in [4.69, 9.17) is 70.4 Å². The molecule has 31 nitrogen and oxygen atoms in total. The van der Waals surface area contributed by atoms with Crippen LogP contribution in [0.3, 0.4) is 0 Å². The van der Waals surface area contributed by atoms with Gasteiger partial charge in [0, 0.05) is 83.1 Å². The van der Waals surface area contributed by atoms with Crippen molar-refractivity contribution in [2.45, 2.75) is 175 Å². The average Bonchev–Trinajstić information content (AvgIpc) is 3.23. The van der Waals surface area contributed by atoms with E-state index in [1.165, 1.54) is 0 Å². The van der Waals surface area contributed by atoms with Gasteiger partial charge in [0.25, 0.3) is 0 Å². The molecule has 3 rings (SSSR count). The number of rotatable bonds is 21. The van der Waals surface area contributed by atoms with Crippen molar-refractivity contribution in [2.24, 2.45) is 0 Å². The van der Waals surface area contributed by atoms with Crippen LogP contribution in [0.1, 0.15) is 83.1 Å². The fraction of sp³-hybridized carbons (Fsp3) is 0.714. The summed E-state index contributed by atoms with van der Waals surface area (Å²) in [6.07, 6.45) is -23.4. The van der Waals surface area contributed by atoms with Crippen molar-refractivity contribution in [2.75, 3.05) is 19.8 Å². The third-order valence-corrected chi connectivity index (χ3v) is 11.3. The molecule has 32 heteroatoms. The molecule has 0 aliphatic carbocycles.